The third kappa shape index (κ3) is 4.94. The number of aryl methyl sites for hydroxylation is 2. The Morgan fingerprint density at radius 3 is 2.68 bits per heavy atom. The van der Waals surface area contributed by atoms with Gasteiger partial charge in [0.2, 0.25) is 0 Å². The maximum atomic E-state index is 11.9. The molecular formula is C18H20N2O5. The number of urea groups is 1. The van der Waals surface area contributed by atoms with Crippen LogP contribution in [0.3, 0.4) is 0 Å². The number of rotatable bonds is 6. The first-order valence-corrected chi connectivity index (χ1v) is 7.72. The topological polar surface area (TPSA) is 97.6 Å². The quantitative estimate of drug-likeness (QED) is 0.618. The minimum absolute atomic E-state index is 0.0224. The van der Waals surface area contributed by atoms with Crippen LogP contribution < -0.4 is 10.6 Å². The lowest BCUT2D eigenvalue weighted by Gasteiger charge is -2.06. The van der Waals surface area contributed by atoms with Gasteiger partial charge in [-0.25, -0.2) is 4.79 Å². The Bertz CT molecular complexity index is 822. The summed E-state index contributed by atoms with van der Waals surface area (Å²) in [4.78, 5) is 34.7. The van der Waals surface area contributed by atoms with Gasteiger partial charge in [0.1, 0.15) is 5.58 Å². The molecule has 0 fully saturated rings. The lowest BCUT2D eigenvalue weighted by Crippen LogP contribution is -2.41. The summed E-state index contributed by atoms with van der Waals surface area (Å²) in [7, 11) is 0. The number of furan rings is 1. The fraction of sp³-hybridized carbons (Fsp3) is 0.278. The van der Waals surface area contributed by atoms with Crippen LogP contribution in [0.15, 0.2) is 35.5 Å². The summed E-state index contributed by atoms with van der Waals surface area (Å²) in [6.45, 7) is 7.09. The van der Waals surface area contributed by atoms with Gasteiger partial charge in [-0.1, -0.05) is 6.08 Å². The molecule has 0 radical (unpaired) electrons. The van der Waals surface area contributed by atoms with Gasteiger partial charge in [-0.15, -0.1) is 6.58 Å². The number of hydrogen-bond acceptors (Lipinski definition) is 5. The van der Waals surface area contributed by atoms with Crippen molar-refractivity contribution >= 4 is 28.9 Å². The van der Waals surface area contributed by atoms with Gasteiger partial charge >= 0.3 is 12.0 Å². The van der Waals surface area contributed by atoms with Crippen LogP contribution in [-0.2, 0) is 20.7 Å². The molecule has 2 N–H and O–H groups in total. The van der Waals surface area contributed by atoms with Gasteiger partial charge in [0.15, 0.2) is 6.61 Å². The molecule has 7 nitrogen and oxygen atoms in total. The second-order valence-corrected chi connectivity index (χ2v) is 5.58. The molecule has 0 aliphatic rings. The van der Waals surface area contributed by atoms with Crippen LogP contribution in [0.5, 0.6) is 0 Å². The molecular weight excluding hydrogens is 324 g/mol. The molecule has 0 unspecified atom stereocenters. The molecule has 2 aromatic rings. The predicted molar refractivity (Wildman–Crippen MR) is 92.1 cm³/mol. The van der Waals surface area contributed by atoms with E-state index in [0.29, 0.717) is 11.1 Å². The summed E-state index contributed by atoms with van der Waals surface area (Å²) in [6.07, 6.45) is 2.96. The fourth-order valence-corrected chi connectivity index (χ4v) is 2.20. The average molecular weight is 344 g/mol. The standard InChI is InChI=1S/C18H20N2O5/c1-4-5-19-18(23)20-16(21)10-25-17(22)8-13-9-24-15-7-12(3)11(2)6-14(13)15/h4,6-7,9H,1,5,8,10H2,2-3H3,(H2,19,20,21,23). The number of amides is 3. The summed E-state index contributed by atoms with van der Waals surface area (Å²) < 4.78 is 10.3. The molecule has 3 amide bonds. The maximum absolute atomic E-state index is 11.9. The normalized spacial score (nSPS) is 10.3. The summed E-state index contributed by atoms with van der Waals surface area (Å²) in [5, 5.41) is 5.26. The fourth-order valence-electron chi connectivity index (χ4n) is 2.20. The highest BCUT2D eigenvalue weighted by Crippen LogP contribution is 2.25. The van der Waals surface area contributed by atoms with E-state index in [0.717, 1.165) is 16.5 Å². The zero-order valence-corrected chi connectivity index (χ0v) is 14.2. The molecule has 0 saturated carbocycles. The van der Waals surface area contributed by atoms with Crippen molar-refractivity contribution in [1.29, 1.82) is 0 Å². The number of fused-ring (bicyclic) bond motifs is 1. The van der Waals surface area contributed by atoms with Crippen LogP contribution in [0, 0.1) is 13.8 Å². The number of carbonyl (C=O) groups is 3. The number of nitrogens with one attached hydrogen (secondary N) is 2. The minimum atomic E-state index is -0.710. The van der Waals surface area contributed by atoms with Gasteiger partial charge in [-0.2, -0.15) is 0 Å². The van der Waals surface area contributed by atoms with E-state index >= 15 is 0 Å². The van der Waals surface area contributed by atoms with Crippen LogP contribution >= 0.6 is 0 Å². The Balaban J connectivity index is 1.88. The second-order valence-electron chi connectivity index (χ2n) is 5.58. The van der Waals surface area contributed by atoms with E-state index in [-0.39, 0.29) is 13.0 Å². The smallest absolute Gasteiger partial charge is 0.321 e. The van der Waals surface area contributed by atoms with Crippen LogP contribution in [0.4, 0.5) is 4.79 Å². The molecule has 25 heavy (non-hydrogen) atoms. The van der Waals surface area contributed by atoms with E-state index in [1.54, 1.807) is 0 Å². The monoisotopic (exact) mass is 344 g/mol. The van der Waals surface area contributed by atoms with E-state index in [9.17, 15) is 14.4 Å². The molecule has 0 aliphatic heterocycles. The number of esters is 1. The Kier molecular flexibility index (Phi) is 5.94. The molecule has 1 aromatic carbocycles. The molecule has 1 heterocycles. The molecule has 132 valence electrons. The first kappa shape index (κ1) is 18.3. The van der Waals surface area contributed by atoms with Gasteiger partial charge in [0, 0.05) is 17.5 Å². The van der Waals surface area contributed by atoms with Crippen molar-refractivity contribution in [3.05, 3.63) is 47.7 Å². The van der Waals surface area contributed by atoms with Crippen LogP contribution in [0.2, 0.25) is 0 Å². The second kappa shape index (κ2) is 8.14. The summed E-state index contributed by atoms with van der Waals surface area (Å²) in [5.41, 5.74) is 3.57. The summed E-state index contributed by atoms with van der Waals surface area (Å²) in [6, 6.07) is 3.19. The SMILES string of the molecule is C=CCNC(=O)NC(=O)COC(=O)Cc1coc2cc(C)c(C)cc12. The molecule has 0 atom stereocenters. The van der Waals surface area contributed by atoms with Crippen LogP contribution in [0.25, 0.3) is 11.0 Å². The first-order chi connectivity index (χ1) is 11.9. The van der Waals surface area contributed by atoms with Crippen LogP contribution in [-0.4, -0.2) is 31.1 Å². The summed E-state index contributed by atoms with van der Waals surface area (Å²) >= 11 is 0. The van der Waals surface area contributed by atoms with Gasteiger partial charge < -0.3 is 14.5 Å². The van der Waals surface area contributed by atoms with Crippen molar-refractivity contribution in [1.82, 2.24) is 10.6 Å². The Morgan fingerprint density at radius 1 is 1.24 bits per heavy atom. The first-order valence-electron chi connectivity index (χ1n) is 7.72. The molecule has 2 rings (SSSR count). The minimum Gasteiger partial charge on any atom is -0.464 e. The van der Waals surface area contributed by atoms with Crippen molar-refractivity contribution in [2.24, 2.45) is 0 Å². The molecule has 0 spiro atoms. The number of benzene rings is 1. The van der Waals surface area contributed by atoms with E-state index < -0.39 is 24.5 Å². The highest BCUT2D eigenvalue weighted by atomic mass is 16.5. The van der Waals surface area contributed by atoms with Crippen LogP contribution in [0.1, 0.15) is 16.7 Å². The third-order valence-corrected chi connectivity index (χ3v) is 3.63. The van der Waals surface area contributed by atoms with E-state index in [2.05, 4.69) is 11.9 Å². The Hall–Kier alpha value is -3.09. The molecule has 0 aliphatic carbocycles. The van der Waals surface area contributed by atoms with Crippen molar-refractivity contribution < 1.29 is 23.5 Å². The maximum Gasteiger partial charge on any atom is 0.321 e. The van der Waals surface area contributed by atoms with Gasteiger partial charge in [-0.3, -0.25) is 14.9 Å². The van der Waals surface area contributed by atoms with E-state index in [4.69, 9.17) is 9.15 Å². The molecule has 0 bridgehead atoms. The Morgan fingerprint density at radius 2 is 1.96 bits per heavy atom. The van der Waals surface area contributed by atoms with Gasteiger partial charge in [0.25, 0.3) is 5.91 Å². The summed E-state index contributed by atoms with van der Waals surface area (Å²) in [5.74, 6) is -1.29. The number of ether oxygens (including phenoxy) is 1. The molecule has 1 aromatic heterocycles. The third-order valence-electron chi connectivity index (χ3n) is 3.63. The number of hydrogen-bond donors (Lipinski definition) is 2. The van der Waals surface area contributed by atoms with Gasteiger partial charge in [-0.05, 0) is 37.1 Å². The molecule has 0 saturated heterocycles. The van der Waals surface area contributed by atoms with Crippen molar-refractivity contribution in [2.75, 3.05) is 13.2 Å². The van der Waals surface area contributed by atoms with Gasteiger partial charge in [0.05, 0.1) is 12.7 Å². The van der Waals surface area contributed by atoms with Crippen molar-refractivity contribution in [3.63, 3.8) is 0 Å². The predicted octanol–water partition coefficient (Wildman–Crippen LogP) is 2.15. The average Bonchev–Trinajstić information content (AvgIpc) is 2.93. The molecule has 7 heteroatoms. The van der Waals surface area contributed by atoms with Crippen molar-refractivity contribution in [3.8, 4) is 0 Å². The van der Waals surface area contributed by atoms with Crippen molar-refractivity contribution in [2.45, 2.75) is 20.3 Å². The Labute approximate surface area is 145 Å². The zero-order chi connectivity index (χ0) is 18.4. The number of carbonyl (C=O) groups excluding carboxylic acids is 3. The number of imide groups is 1. The lowest BCUT2D eigenvalue weighted by molar-refractivity contribution is -0.147. The van der Waals surface area contributed by atoms with E-state index in [1.165, 1.54) is 12.3 Å². The lowest BCUT2D eigenvalue weighted by atomic mass is 10.0. The van der Waals surface area contributed by atoms with E-state index in [1.807, 2.05) is 31.3 Å². The highest BCUT2D eigenvalue weighted by Gasteiger charge is 2.14. The largest absolute Gasteiger partial charge is 0.464 e. The zero-order valence-electron chi connectivity index (χ0n) is 14.2. The highest BCUT2D eigenvalue weighted by molar-refractivity contribution is 5.95.